The molecule has 0 aliphatic heterocycles. The molecule has 3 heteroatoms. The summed E-state index contributed by atoms with van der Waals surface area (Å²) < 4.78 is 12.7. The summed E-state index contributed by atoms with van der Waals surface area (Å²) in [5.41, 5.74) is 0.965. The van der Waals surface area contributed by atoms with Gasteiger partial charge in [-0.05, 0) is 24.1 Å². The summed E-state index contributed by atoms with van der Waals surface area (Å²) in [7, 11) is 0. The van der Waals surface area contributed by atoms with Gasteiger partial charge in [0.2, 0.25) is 5.91 Å². The highest BCUT2D eigenvalue weighted by atomic mass is 19.1. The Morgan fingerprint density at radius 1 is 1.31 bits per heavy atom. The minimum Gasteiger partial charge on any atom is -0.339 e. The van der Waals surface area contributed by atoms with Crippen molar-refractivity contribution in [2.75, 3.05) is 6.54 Å². The van der Waals surface area contributed by atoms with Crippen molar-refractivity contribution in [1.82, 2.24) is 4.90 Å². The van der Waals surface area contributed by atoms with Crippen LogP contribution in [0.2, 0.25) is 0 Å². The maximum absolute atomic E-state index is 12.7. The van der Waals surface area contributed by atoms with Crippen molar-refractivity contribution in [3.05, 3.63) is 35.6 Å². The van der Waals surface area contributed by atoms with E-state index in [9.17, 15) is 9.18 Å². The Bertz CT molecular complexity index is 334. The van der Waals surface area contributed by atoms with Crippen LogP contribution >= 0.6 is 0 Å². The summed E-state index contributed by atoms with van der Waals surface area (Å²) in [5.74, 6) is -0.176. The Morgan fingerprint density at radius 3 is 2.44 bits per heavy atom. The van der Waals surface area contributed by atoms with Crippen LogP contribution in [0.1, 0.15) is 32.3 Å². The lowest BCUT2D eigenvalue weighted by Gasteiger charge is -2.20. The fourth-order valence-corrected chi connectivity index (χ4v) is 1.51. The molecule has 0 aliphatic carbocycles. The number of hydrogen-bond acceptors (Lipinski definition) is 1. The van der Waals surface area contributed by atoms with Gasteiger partial charge in [-0.3, -0.25) is 4.79 Å². The molecule has 88 valence electrons. The van der Waals surface area contributed by atoms with Crippen molar-refractivity contribution < 1.29 is 9.18 Å². The van der Waals surface area contributed by atoms with Gasteiger partial charge in [0.25, 0.3) is 0 Å². The molecule has 0 saturated carbocycles. The van der Waals surface area contributed by atoms with Gasteiger partial charge in [0.05, 0.1) is 0 Å². The van der Waals surface area contributed by atoms with Crippen LogP contribution in [-0.4, -0.2) is 17.4 Å². The monoisotopic (exact) mass is 223 g/mol. The predicted octanol–water partition coefficient (Wildman–Crippen LogP) is 2.97. The largest absolute Gasteiger partial charge is 0.339 e. The first-order valence-corrected chi connectivity index (χ1v) is 5.63. The number of rotatable bonds is 5. The normalized spacial score (nSPS) is 10.2. The molecule has 0 heterocycles. The lowest BCUT2D eigenvalue weighted by Crippen LogP contribution is -2.29. The number of carbonyl (C=O) groups excluding carboxylic acids is 1. The van der Waals surface area contributed by atoms with E-state index in [4.69, 9.17) is 0 Å². The van der Waals surface area contributed by atoms with Crippen molar-refractivity contribution in [2.24, 2.45) is 0 Å². The zero-order valence-electron chi connectivity index (χ0n) is 9.87. The van der Waals surface area contributed by atoms with Gasteiger partial charge in [-0.2, -0.15) is 0 Å². The molecule has 0 spiro atoms. The minimum absolute atomic E-state index is 0.0674. The highest BCUT2D eigenvalue weighted by molar-refractivity contribution is 5.73. The maximum Gasteiger partial charge on any atom is 0.219 e. The second-order valence-corrected chi connectivity index (χ2v) is 3.92. The van der Waals surface area contributed by atoms with Crippen molar-refractivity contribution in [2.45, 2.75) is 33.2 Å². The highest BCUT2D eigenvalue weighted by Gasteiger charge is 2.08. The summed E-state index contributed by atoms with van der Waals surface area (Å²) in [6.45, 7) is 4.99. The number of halogens is 1. The van der Waals surface area contributed by atoms with E-state index in [0.717, 1.165) is 24.9 Å². The Balaban J connectivity index is 2.60. The zero-order chi connectivity index (χ0) is 12.0. The van der Waals surface area contributed by atoms with E-state index in [-0.39, 0.29) is 11.7 Å². The fraction of sp³-hybridized carbons (Fsp3) is 0.462. The molecule has 1 rings (SSSR count). The van der Waals surface area contributed by atoms with Crippen LogP contribution in [-0.2, 0) is 11.3 Å². The molecule has 0 fully saturated rings. The molecule has 0 aromatic heterocycles. The first kappa shape index (κ1) is 12.7. The molecule has 1 aromatic carbocycles. The topological polar surface area (TPSA) is 20.3 Å². The molecule has 16 heavy (non-hydrogen) atoms. The molecule has 1 amide bonds. The van der Waals surface area contributed by atoms with Crippen molar-refractivity contribution in [3.8, 4) is 0 Å². The van der Waals surface area contributed by atoms with Gasteiger partial charge in [-0.15, -0.1) is 0 Å². The van der Waals surface area contributed by atoms with Crippen LogP contribution in [0.15, 0.2) is 24.3 Å². The number of benzene rings is 1. The summed E-state index contributed by atoms with van der Waals surface area (Å²) in [5, 5.41) is 0. The van der Waals surface area contributed by atoms with E-state index in [1.54, 1.807) is 24.0 Å². The smallest absolute Gasteiger partial charge is 0.219 e. The van der Waals surface area contributed by atoms with Gasteiger partial charge in [-0.1, -0.05) is 25.5 Å². The molecule has 0 radical (unpaired) electrons. The van der Waals surface area contributed by atoms with E-state index in [1.165, 1.54) is 12.1 Å². The summed E-state index contributed by atoms with van der Waals surface area (Å²) in [6, 6.07) is 6.29. The lowest BCUT2D eigenvalue weighted by molar-refractivity contribution is -0.129. The number of carbonyl (C=O) groups is 1. The van der Waals surface area contributed by atoms with Crippen molar-refractivity contribution in [3.63, 3.8) is 0 Å². The number of hydrogen-bond donors (Lipinski definition) is 0. The first-order valence-electron chi connectivity index (χ1n) is 5.63. The van der Waals surface area contributed by atoms with Gasteiger partial charge >= 0.3 is 0 Å². The lowest BCUT2D eigenvalue weighted by atomic mass is 10.2. The summed E-state index contributed by atoms with van der Waals surface area (Å²) in [6.07, 6.45) is 2.06. The number of amides is 1. The number of unbranched alkanes of at least 4 members (excludes halogenated alkanes) is 1. The third kappa shape index (κ3) is 4.01. The molecule has 0 atom stereocenters. The van der Waals surface area contributed by atoms with Crippen LogP contribution in [0.5, 0.6) is 0 Å². The Labute approximate surface area is 96.1 Å². The van der Waals surface area contributed by atoms with E-state index < -0.39 is 0 Å². The molecule has 0 bridgehead atoms. The van der Waals surface area contributed by atoms with E-state index >= 15 is 0 Å². The first-order chi connectivity index (χ1) is 7.63. The van der Waals surface area contributed by atoms with Gasteiger partial charge in [0.1, 0.15) is 5.82 Å². The SMILES string of the molecule is CCCCN(Cc1ccc(F)cc1)C(C)=O. The van der Waals surface area contributed by atoms with E-state index in [1.807, 2.05) is 0 Å². The summed E-state index contributed by atoms with van der Waals surface area (Å²) in [4.78, 5) is 13.2. The minimum atomic E-state index is -0.244. The van der Waals surface area contributed by atoms with E-state index in [2.05, 4.69) is 6.92 Å². The average Bonchev–Trinajstić information content (AvgIpc) is 2.26. The molecular weight excluding hydrogens is 205 g/mol. The van der Waals surface area contributed by atoms with Gasteiger partial charge in [0, 0.05) is 20.0 Å². The second-order valence-electron chi connectivity index (χ2n) is 3.92. The molecule has 0 saturated heterocycles. The van der Waals surface area contributed by atoms with Crippen LogP contribution in [0.3, 0.4) is 0 Å². The van der Waals surface area contributed by atoms with Crippen LogP contribution in [0.4, 0.5) is 4.39 Å². The Morgan fingerprint density at radius 2 is 1.94 bits per heavy atom. The van der Waals surface area contributed by atoms with Crippen molar-refractivity contribution in [1.29, 1.82) is 0 Å². The molecule has 0 unspecified atom stereocenters. The second kappa shape index (κ2) is 6.26. The quantitative estimate of drug-likeness (QED) is 0.751. The molecule has 0 N–H and O–H groups in total. The van der Waals surface area contributed by atoms with Crippen LogP contribution in [0.25, 0.3) is 0 Å². The van der Waals surface area contributed by atoms with Gasteiger partial charge in [-0.25, -0.2) is 4.39 Å². The van der Waals surface area contributed by atoms with E-state index in [0.29, 0.717) is 6.54 Å². The van der Waals surface area contributed by atoms with Gasteiger partial charge < -0.3 is 4.90 Å². The summed E-state index contributed by atoms with van der Waals surface area (Å²) >= 11 is 0. The Hall–Kier alpha value is -1.38. The zero-order valence-corrected chi connectivity index (χ0v) is 9.87. The third-order valence-corrected chi connectivity index (χ3v) is 2.51. The van der Waals surface area contributed by atoms with Crippen LogP contribution < -0.4 is 0 Å². The molecule has 1 aromatic rings. The average molecular weight is 223 g/mol. The highest BCUT2D eigenvalue weighted by Crippen LogP contribution is 2.08. The van der Waals surface area contributed by atoms with Crippen LogP contribution in [0, 0.1) is 5.82 Å². The van der Waals surface area contributed by atoms with Crippen molar-refractivity contribution >= 4 is 5.91 Å². The standard InChI is InChI=1S/C13H18FNO/c1-3-4-9-15(11(2)16)10-12-5-7-13(14)8-6-12/h5-8H,3-4,9-10H2,1-2H3. The molecular formula is C13H18FNO. The fourth-order valence-electron chi connectivity index (χ4n) is 1.51. The molecule has 0 aliphatic rings. The number of nitrogens with zero attached hydrogens (tertiary/aromatic N) is 1. The maximum atomic E-state index is 12.7. The van der Waals surface area contributed by atoms with Gasteiger partial charge in [0.15, 0.2) is 0 Å². The third-order valence-electron chi connectivity index (χ3n) is 2.51. The predicted molar refractivity (Wildman–Crippen MR) is 62.4 cm³/mol. The Kier molecular flexibility index (Phi) is 4.96. The molecule has 2 nitrogen and oxygen atoms in total.